The van der Waals surface area contributed by atoms with E-state index in [2.05, 4.69) is 45.7 Å². The van der Waals surface area contributed by atoms with Crippen LogP contribution < -0.4 is 4.90 Å². The molecule has 0 bridgehead atoms. The van der Waals surface area contributed by atoms with E-state index in [1.807, 2.05) is 29.7 Å². The van der Waals surface area contributed by atoms with Crippen molar-refractivity contribution in [3.8, 4) is 0 Å². The predicted octanol–water partition coefficient (Wildman–Crippen LogP) is 6.04. The van der Waals surface area contributed by atoms with Crippen molar-refractivity contribution in [2.24, 2.45) is 7.05 Å². The van der Waals surface area contributed by atoms with Gasteiger partial charge in [0.25, 0.3) is 5.91 Å². The second kappa shape index (κ2) is 9.24. The van der Waals surface area contributed by atoms with Crippen molar-refractivity contribution in [2.45, 2.75) is 45.4 Å². The van der Waals surface area contributed by atoms with Crippen molar-refractivity contribution < 1.29 is 13.9 Å². The number of amides is 1. The van der Waals surface area contributed by atoms with Gasteiger partial charge in [-0.1, -0.05) is 41.6 Å². The number of aromatic nitrogens is 4. The number of hydrogen-bond acceptors (Lipinski definition) is 4. The van der Waals surface area contributed by atoms with Crippen molar-refractivity contribution in [1.29, 1.82) is 0 Å². The molecule has 0 saturated heterocycles. The van der Waals surface area contributed by atoms with E-state index in [-0.39, 0.29) is 11.7 Å². The van der Waals surface area contributed by atoms with Crippen molar-refractivity contribution in [1.82, 2.24) is 19.3 Å². The summed E-state index contributed by atoms with van der Waals surface area (Å²) in [5.41, 5.74) is 4.64. The average Bonchev–Trinajstić information content (AvgIpc) is 3.43. The Morgan fingerprint density at radius 2 is 1.94 bits per heavy atom. The third-order valence-corrected chi connectivity index (χ3v) is 8.79. The van der Waals surface area contributed by atoms with Gasteiger partial charge in [0, 0.05) is 43.0 Å². The molecule has 0 aliphatic carbocycles. The molecular weight excluding hydrogens is 541 g/mol. The lowest BCUT2D eigenvalue weighted by Crippen LogP contribution is -2.30. The van der Waals surface area contributed by atoms with Gasteiger partial charge in [0.05, 0.1) is 29.1 Å². The van der Waals surface area contributed by atoms with Gasteiger partial charge >= 0.3 is 0 Å². The van der Waals surface area contributed by atoms with Crippen LogP contribution in [0.15, 0.2) is 47.2 Å². The maximum atomic E-state index is 15.2. The van der Waals surface area contributed by atoms with Gasteiger partial charge in [-0.05, 0) is 43.3 Å². The number of carbonyl (C=O) groups is 1. The zero-order valence-corrected chi connectivity index (χ0v) is 23.6. The number of aryl methyl sites for hydroxylation is 2. The van der Waals surface area contributed by atoms with Crippen LogP contribution in [0.3, 0.4) is 0 Å². The first-order chi connectivity index (χ1) is 17.0. The molecular formula is C26H29BrFN5O2Si. The zero-order chi connectivity index (χ0) is 25.8. The Hall–Kier alpha value is -2.82. The van der Waals surface area contributed by atoms with Crippen molar-refractivity contribution >= 4 is 46.6 Å². The summed E-state index contributed by atoms with van der Waals surface area (Å²) in [6.07, 6.45) is 1.75. The molecule has 1 aliphatic rings. The normalized spacial score (nSPS) is 15.8. The van der Waals surface area contributed by atoms with E-state index in [0.29, 0.717) is 33.8 Å². The van der Waals surface area contributed by atoms with Crippen LogP contribution in [0.4, 0.5) is 10.1 Å². The number of fused-ring (bicyclic) bond motifs is 2. The number of ether oxygens (including phenoxy) is 1. The Morgan fingerprint density at radius 1 is 1.17 bits per heavy atom. The van der Waals surface area contributed by atoms with Crippen LogP contribution in [0.5, 0.6) is 0 Å². The van der Waals surface area contributed by atoms with E-state index in [1.165, 1.54) is 6.07 Å². The Bertz CT molecular complexity index is 1480. The topological polar surface area (TPSA) is 65.2 Å². The van der Waals surface area contributed by atoms with Crippen molar-refractivity contribution in [2.75, 3.05) is 11.5 Å². The lowest BCUT2D eigenvalue weighted by atomic mass is 9.98. The maximum absolute atomic E-state index is 15.2. The van der Waals surface area contributed by atoms with Crippen LogP contribution in [0.25, 0.3) is 11.0 Å². The quantitative estimate of drug-likeness (QED) is 0.201. The molecule has 188 valence electrons. The summed E-state index contributed by atoms with van der Waals surface area (Å²) in [6, 6.07) is 11.1. The van der Waals surface area contributed by atoms with E-state index in [0.717, 1.165) is 29.2 Å². The Balaban J connectivity index is 1.51. The standard InChI is InChI=1S/C26H29BrFN5O2Si/c1-16-23-24(19-8-6-17(27)12-20(19)28)33(26(34)25(23)31(2)30-16)18-7-9-22-21(13-18)29-14-32(22)15-35-10-11-36(3,4)5/h6-9,12-14,24H,10-11,15H2,1-5H3. The fourth-order valence-corrected chi connectivity index (χ4v) is 5.84. The maximum Gasteiger partial charge on any atom is 0.277 e. The highest BCUT2D eigenvalue weighted by molar-refractivity contribution is 9.10. The molecule has 4 aromatic rings. The molecule has 1 amide bonds. The first kappa shape index (κ1) is 24.9. The molecule has 1 unspecified atom stereocenters. The number of carbonyl (C=O) groups excluding carboxylic acids is 1. The molecule has 5 rings (SSSR count). The first-order valence-corrected chi connectivity index (χ1v) is 16.4. The molecule has 3 heterocycles. The number of rotatable bonds is 7. The van der Waals surface area contributed by atoms with E-state index in [1.54, 1.807) is 35.1 Å². The molecule has 0 radical (unpaired) electrons. The molecule has 0 fully saturated rings. The highest BCUT2D eigenvalue weighted by Crippen LogP contribution is 2.44. The number of nitrogens with zero attached hydrogens (tertiary/aromatic N) is 5. The summed E-state index contributed by atoms with van der Waals surface area (Å²) in [7, 11) is 0.589. The highest BCUT2D eigenvalue weighted by Gasteiger charge is 2.44. The molecule has 1 atom stereocenters. The van der Waals surface area contributed by atoms with Crippen LogP contribution in [0.1, 0.15) is 33.4 Å². The third kappa shape index (κ3) is 4.42. The molecule has 0 spiro atoms. The summed E-state index contributed by atoms with van der Waals surface area (Å²) in [4.78, 5) is 19.9. The number of anilines is 1. The SMILES string of the molecule is Cc1nn(C)c2c1C(c1ccc(Br)cc1F)N(c1ccc3c(c1)ncn3COCC[Si](C)(C)C)C2=O. The fourth-order valence-electron chi connectivity index (χ4n) is 4.75. The minimum Gasteiger partial charge on any atom is -0.361 e. The second-order valence-corrected chi connectivity index (χ2v) is 17.0. The van der Waals surface area contributed by atoms with Gasteiger partial charge in [-0.3, -0.25) is 14.4 Å². The largest absolute Gasteiger partial charge is 0.361 e. The summed E-state index contributed by atoms with van der Waals surface area (Å²) in [6.45, 7) is 9.98. The third-order valence-electron chi connectivity index (χ3n) is 6.59. The van der Waals surface area contributed by atoms with E-state index < -0.39 is 14.1 Å². The van der Waals surface area contributed by atoms with E-state index >= 15 is 4.39 Å². The van der Waals surface area contributed by atoms with Crippen LogP contribution in [0, 0.1) is 12.7 Å². The second-order valence-electron chi connectivity index (χ2n) is 10.5. The molecule has 2 aromatic heterocycles. The van der Waals surface area contributed by atoms with Crippen LogP contribution in [0.2, 0.25) is 25.7 Å². The fraction of sp³-hybridized carbons (Fsp3) is 0.346. The van der Waals surface area contributed by atoms with Crippen molar-refractivity contribution in [3.63, 3.8) is 0 Å². The Kier molecular flexibility index (Phi) is 6.38. The van der Waals surface area contributed by atoms with Crippen molar-refractivity contribution in [3.05, 3.63) is 75.5 Å². The molecule has 36 heavy (non-hydrogen) atoms. The van der Waals surface area contributed by atoms with E-state index in [9.17, 15) is 4.79 Å². The molecule has 1 aliphatic heterocycles. The summed E-state index contributed by atoms with van der Waals surface area (Å²) in [5, 5.41) is 4.45. The lowest BCUT2D eigenvalue weighted by Gasteiger charge is -2.26. The van der Waals surface area contributed by atoms with Gasteiger partial charge in [-0.25, -0.2) is 9.37 Å². The van der Waals surface area contributed by atoms with Gasteiger partial charge in [-0.15, -0.1) is 0 Å². The molecule has 10 heteroatoms. The monoisotopic (exact) mass is 569 g/mol. The number of hydrogen-bond donors (Lipinski definition) is 0. The van der Waals surface area contributed by atoms with Gasteiger partial charge in [0.2, 0.25) is 0 Å². The van der Waals surface area contributed by atoms with Gasteiger partial charge in [-0.2, -0.15) is 5.10 Å². The number of halogens is 2. The summed E-state index contributed by atoms with van der Waals surface area (Å²) >= 11 is 3.33. The van der Waals surface area contributed by atoms with Gasteiger partial charge in [0.15, 0.2) is 0 Å². The van der Waals surface area contributed by atoms with Crippen LogP contribution >= 0.6 is 15.9 Å². The number of imidazole rings is 1. The Labute approximate surface area is 219 Å². The predicted molar refractivity (Wildman–Crippen MR) is 145 cm³/mol. The zero-order valence-electron chi connectivity index (χ0n) is 21.0. The lowest BCUT2D eigenvalue weighted by molar-refractivity contribution is 0.0898. The Morgan fingerprint density at radius 3 is 2.67 bits per heavy atom. The van der Waals surface area contributed by atoms with Gasteiger partial charge < -0.3 is 9.30 Å². The molecule has 7 nitrogen and oxygen atoms in total. The molecule has 0 saturated carbocycles. The highest BCUT2D eigenvalue weighted by atomic mass is 79.9. The average molecular weight is 571 g/mol. The van der Waals surface area contributed by atoms with Gasteiger partial charge in [0.1, 0.15) is 18.2 Å². The molecule has 0 N–H and O–H groups in total. The minimum absolute atomic E-state index is 0.214. The van der Waals surface area contributed by atoms with Crippen LogP contribution in [-0.4, -0.2) is 39.9 Å². The first-order valence-electron chi connectivity index (χ1n) is 11.9. The summed E-state index contributed by atoms with van der Waals surface area (Å²) in [5.74, 6) is -0.599. The smallest absolute Gasteiger partial charge is 0.277 e. The van der Waals surface area contributed by atoms with E-state index in [4.69, 9.17) is 4.74 Å². The van der Waals surface area contributed by atoms with Crippen LogP contribution in [-0.2, 0) is 18.5 Å². The minimum atomic E-state index is -1.16. The summed E-state index contributed by atoms with van der Waals surface area (Å²) < 4.78 is 25.3. The molecule has 2 aromatic carbocycles. The number of benzene rings is 2.